The second-order valence-corrected chi connectivity index (χ2v) is 10.6. The number of carbonyl (C=O) groups excluding carboxylic acids is 1. The summed E-state index contributed by atoms with van der Waals surface area (Å²) in [6, 6.07) is 8.24. The number of carbonyl (C=O) groups is 1. The number of thioether (sulfide) groups is 1. The van der Waals surface area contributed by atoms with Crippen LogP contribution in [0.1, 0.15) is 54.2 Å². The van der Waals surface area contributed by atoms with Crippen molar-refractivity contribution in [3.8, 4) is 0 Å². The molecule has 0 saturated carbocycles. The number of nitrogens with zero attached hydrogens (tertiary/aromatic N) is 3. The largest absolute Gasteiger partial charge is 0.342 e. The van der Waals surface area contributed by atoms with Gasteiger partial charge in [0, 0.05) is 18.0 Å². The lowest BCUT2D eigenvalue weighted by molar-refractivity contribution is -0.128. The third kappa shape index (κ3) is 4.94. The Balaban J connectivity index is 1.67. The Bertz CT molecular complexity index is 1160. The molecule has 2 aromatic heterocycles. The molecule has 170 valence electrons. The first kappa shape index (κ1) is 23.1. The molecular formula is C25H31N3O2S2. The molecule has 3 heterocycles. The van der Waals surface area contributed by atoms with Gasteiger partial charge in [0.25, 0.3) is 5.56 Å². The number of aromatic nitrogens is 2. The SMILES string of the molecule is CCc1sc2nc(SCC(=O)N3CCCCCC3)n(Cc3ccc(C)cc3)c(=O)c2c1C. The summed E-state index contributed by atoms with van der Waals surface area (Å²) in [5.41, 5.74) is 3.28. The van der Waals surface area contributed by atoms with Crippen LogP contribution in [0.15, 0.2) is 34.2 Å². The number of fused-ring (bicyclic) bond motifs is 1. The molecule has 0 atom stereocenters. The smallest absolute Gasteiger partial charge is 0.263 e. The fourth-order valence-corrected chi connectivity index (χ4v) is 6.30. The summed E-state index contributed by atoms with van der Waals surface area (Å²) in [5.74, 6) is 0.460. The highest BCUT2D eigenvalue weighted by Crippen LogP contribution is 2.30. The van der Waals surface area contributed by atoms with Crippen LogP contribution in [0.3, 0.4) is 0 Å². The van der Waals surface area contributed by atoms with E-state index in [4.69, 9.17) is 4.98 Å². The van der Waals surface area contributed by atoms with Crippen LogP contribution in [-0.4, -0.2) is 39.2 Å². The van der Waals surface area contributed by atoms with Gasteiger partial charge in [-0.1, -0.05) is 61.4 Å². The minimum atomic E-state index is -0.00579. The molecule has 1 aliphatic heterocycles. The summed E-state index contributed by atoms with van der Waals surface area (Å²) in [5, 5.41) is 1.36. The summed E-state index contributed by atoms with van der Waals surface area (Å²) in [6.07, 6.45) is 5.44. The molecule has 3 aromatic rings. The first-order chi connectivity index (χ1) is 15.5. The van der Waals surface area contributed by atoms with Gasteiger partial charge in [0.2, 0.25) is 5.91 Å². The minimum absolute atomic E-state index is 0.00579. The van der Waals surface area contributed by atoms with Crippen LogP contribution in [0, 0.1) is 13.8 Å². The van der Waals surface area contributed by atoms with E-state index < -0.39 is 0 Å². The van der Waals surface area contributed by atoms with Crippen molar-refractivity contribution in [1.82, 2.24) is 14.5 Å². The zero-order valence-electron chi connectivity index (χ0n) is 19.1. The van der Waals surface area contributed by atoms with Crippen molar-refractivity contribution in [2.45, 2.75) is 64.6 Å². The zero-order valence-corrected chi connectivity index (χ0v) is 20.8. The van der Waals surface area contributed by atoms with Crippen LogP contribution < -0.4 is 5.56 Å². The van der Waals surface area contributed by atoms with Crippen LogP contribution in [0.5, 0.6) is 0 Å². The van der Waals surface area contributed by atoms with Gasteiger partial charge in [-0.3, -0.25) is 14.2 Å². The molecule has 0 aliphatic carbocycles. The quantitative estimate of drug-likeness (QED) is 0.369. The van der Waals surface area contributed by atoms with Gasteiger partial charge in [-0.15, -0.1) is 11.3 Å². The fraction of sp³-hybridized carbons (Fsp3) is 0.480. The normalized spacial score (nSPS) is 14.7. The van der Waals surface area contributed by atoms with Crippen molar-refractivity contribution in [2.75, 3.05) is 18.8 Å². The van der Waals surface area contributed by atoms with Crippen LogP contribution >= 0.6 is 23.1 Å². The molecule has 0 N–H and O–H groups in total. The molecule has 0 spiro atoms. The highest BCUT2D eigenvalue weighted by Gasteiger charge is 2.20. The number of amides is 1. The van der Waals surface area contributed by atoms with Gasteiger partial charge < -0.3 is 4.90 Å². The Hall–Kier alpha value is -2.12. The van der Waals surface area contributed by atoms with Gasteiger partial charge in [0.05, 0.1) is 17.7 Å². The molecular weight excluding hydrogens is 438 g/mol. The summed E-state index contributed by atoms with van der Waals surface area (Å²) in [6.45, 7) is 8.32. The lowest BCUT2D eigenvalue weighted by Crippen LogP contribution is -2.33. The number of thiophene rings is 1. The van der Waals surface area contributed by atoms with Crippen molar-refractivity contribution in [2.24, 2.45) is 0 Å². The van der Waals surface area contributed by atoms with Crippen LogP contribution in [0.25, 0.3) is 10.2 Å². The Labute approximate surface area is 197 Å². The van der Waals surface area contributed by atoms with E-state index in [1.54, 1.807) is 15.9 Å². The van der Waals surface area contributed by atoms with Crippen LogP contribution in [0.4, 0.5) is 0 Å². The molecule has 1 aromatic carbocycles. The van der Waals surface area contributed by atoms with Crippen molar-refractivity contribution in [1.29, 1.82) is 0 Å². The van der Waals surface area contributed by atoms with Crippen LogP contribution in [0.2, 0.25) is 0 Å². The van der Waals surface area contributed by atoms with Crippen molar-refractivity contribution in [3.63, 3.8) is 0 Å². The average Bonchev–Trinajstić information content (AvgIpc) is 2.95. The van der Waals surface area contributed by atoms with E-state index in [1.165, 1.54) is 35.0 Å². The molecule has 1 fully saturated rings. The van der Waals surface area contributed by atoms with Gasteiger partial charge >= 0.3 is 0 Å². The van der Waals surface area contributed by atoms with Gasteiger partial charge in [-0.2, -0.15) is 0 Å². The van der Waals surface area contributed by atoms with E-state index in [0.29, 0.717) is 17.5 Å². The third-order valence-electron chi connectivity index (χ3n) is 6.18. The first-order valence-electron chi connectivity index (χ1n) is 11.5. The molecule has 0 unspecified atom stereocenters. The Morgan fingerprint density at radius 3 is 2.44 bits per heavy atom. The lowest BCUT2D eigenvalue weighted by Gasteiger charge is -2.20. The fourth-order valence-electron chi connectivity index (χ4n) is 4.24. The van der Waals surface area contributed by atoms with E-state index in [9.17, 15) is 9.59 Å². The number of benzene rings is 1. The van der Waals surface area contributed by atoms with E-state index in [1.807, 2.05) is 11.8 Å². The number of rotatable bonds is 6. The molecule has 1 saturated heterocycles. The molecule has 0 radical (unpaired) electrons. The molecule has 4 rings (SSSR count). The van der Waals surface area contributed by atoms with Crippen molar-refractivity contribution in [3.05, 3.63) is 56.2 Å². The summed E-state index contributed by atoms with van der Waals surface area (Å²) >= 11 is 3.00. The Morgan fingerprint density at radius 2 is 1.78 bits per heavy atom. The summed E-state index contributed by atoms with van der Waals surface area (Å²) in [7, 11) is 0. The predicted molar refractivity (Wildman–Crippen MR) is 134 cm³/mol. The zero-order chi connectivity index (χ0) is 22.7. The van der Waals surface area contributed by atoms with E-state index >= 15 is 0 Å². The summed E-state index contributed by atoms with van der Waals surface area (Å²) < 4.78 is 1.76. The van der Waals surface area contributed by atoms with Crippen molar-refractivity contribution >= 4 is 39.2 Å². The van der Waals surface area contributed by atoms with E-state index in [2.05, 4.69) is 38.1 Å². The number of aryl methyl sites for hydroxylation is 3. The minimum Gasteiger partial charge on any atom is -0.342 e. The van der Waals surface area contributed by atoms with Gasteiger partial charge in [0.15, 0.2) is 5.16 Å². The monoisotopic (exact) mass is 469 g/mol. The van der Waals surface area contributed by atoms with Gasteiger partial charge in [-0.25, -0.2) is 4.98 Å². The van der Waals surface area contributed by atoms with Gasteiger partial charge in [-0.05, 0) is 44.2 Å². The first-order valence-corrected chi connectivity index (χ1v) is 13.3. The molecule has 32 heavy (non-hydrogen) atoms. The average molecular weight is 470 g/mol. The lowest BCUT2D eigenvalue weighted by atomic mass is 10.1. The highest BCUT2D eigenvalue weighted by molar-refractivity contribution is 7.99. The molecule has 7 heteroatoms. The Kier molecular flexibility index (Phi) is 7.36. The molecule has 1 aliphatic rings. The number of hydrogen-bond acceptors (Lipinski definition) is 5. The maximum atomic E-state index is 13.6. The third-order valence-corrected chi connectivity index (χ3v) is 8.47. The van der Waals surface area contributed by atoms with E-state index in [0.717, 1.165) is 53.7 Å². The second kappa shape index (κ2) is 10.2. The van der Waals surface area contributed by atoms with Crippen molar-refractivity contribution < 1.29 is 4.79 Å². The highest BCUT2D eigenvalue weighted by atomic mass is 32.2. The molecule has 1 amide bonds. The molecule has 5 nitrogen and oxygen atoms in total. The standard InChI is InChI=1S/C25H31N3O2S2/c1-4-20-18(3)22-23(32-20)26-25(31-16-21(29)27-13-7-5-6-8-14-27)28(24(22)30)15-19-11-9-17(2)10-12-19/h9-12H,4-8,13-16H2,1-3H3. The number of hydrogen-bond donors (Lipinski definition) is 0. The maximum Gasteiger partial charge on any atom is 0.263 e. The second-order valence-electron chi connectivity index (χ2n) is 8.54. The Morgan fingerprint density at radius 1 is 1.09 bits per heavy atom. The molecule has 0 bridgehead atoms. The summed E-state index contributed by atoms with van der Waals surface area (Å²) in [4.78, 5) is 35.3. The predicted octanol–water partition coefficient (Wildman–Crippen LogP) is 5.18. The topological polar surface area (TPSA) is 55.2 Å². The maximum absolute atomic E-state index is 13.6. The van der Waals surface area contributed by atoms with E-state index in [-0.39, 0.29) is 11.5 Å². The van der Waals surface area contributed by atoms with Gasteiger partial charge in [0.1, 0.15) is 4.83 Å². The number of likely N-dealkylation sites (tertiary alicyclic amines) is 1. The van der Waals surface area contributed by atoms with Crippen LogP contribution in [-0.2, 0) is 17.8 Å².